The molecule has 0 atom stereocenters. The van der Waals surface area contributed by atoms with Gasteiger partial charge in [0, 0.05) is 19.0 Å². The third-order valence-corrected chi connectivity index (χ3v) is 4.45. The maximum atomic E-state index is 12.6. The zero-order valence-electron chi connectivity index (χ0n) is 12.8. The number of aromatic nitrogens is 2. The molecule has 118 valence electrons. The van der Waals surface area contributed by atoms with E-state index in [9.17, 15) is 19.6 Å². The van der Waals surface area contributed by atoms with E-state index >= 15 is 0 Å². The van der Waals surface area contributed by atoms with E-state index in [2.05, 4.69) is 0 Å². The zero-order valence-corrected chi connectivity index (χ0v) is 13.6. The molecule has 0 bridgehead atoms. The predicted molar refractivity (Wildman–Crippen MR) is 88.3 cm³/mol. The van der Waals surface area contributed by atoms with Crippen LogP contribution in [-0.2, 0) is 14.1 Å². The quantitative estimate of drug-likeness (QED) is 0.509. The fourth-order valence-corrected chi connectivity index (χ4v) is 2.88. The molecule has 2 heterocycles. The highest BCUT2D eigenvalue weighted by Crippen LogP contribution is 2.21. The van der Waals surface area contributed by atoms with Gasteiger partial charge in [0.15, 0.2) is 0 Å². The highest BCUT2D eigenvalue weighted by Gasteiger charge is 2.23. The second kappa shape index (κ2) is 6.06. The third kappa shape index (κ3) is 2.74. The van der Waals surface area contributed by atoms with Gasteiger partial charge in [0.25, 0.3) is 5.56 Å². The molecule has 2 N–H and O–H groups in total. The number of ketones is 1. The Morgan fingerprint density at radius 3 is 2.52 bits per heavy atom. The minimum Gasteiger partial charge on any atom is -0.384 e. The molecule has 2 aromatic heterocycles. The van der Waals surface area contributed by atoms with Crippen molar-refractivity contribution in [1.82, 2.24) is 9.13 Å². The predicted octanol–water partition coefficient (Wildman–Crippen LogP) is 0.826. The first-order valence-electron chi connectivity index (χ1n) is 6.55. The average molecular weight is 330 g/mol. The van der Waals surface area contributed by atoms with Crippen LogP contribution in [0.1, 0.15) is 20.8 Å². The number of nitrogens with two attached hydrogens (primary N) is 1. The standard InChI is InChI=1S/C15H14N4O3S/c1-8-4-5-23-10(8)6-9(7-16)12(20)11-13(17)18(2)15(22)19(3)14(11)21/h4-6H,17H2,1-3H3/b9-6+. The number of hydrogen-bond acceptors (Lipinski definition) is 6. The fraction of sp³-hybridized carbons (Fsp3) is 0.200. The molecule has 2 rings (SSSR count). The summed E-state index contributed by atoms with van der Waals surface area (Å²) in [5.74, 6) is -1.05. The normalized spacial score (nSPS) is 11.3. The van der Waals surface area contributed by atoms with Gasteiger partial charge in [0.2, 0.25) is 5.78 Å². The number of carbonyl (C=O) groups excluding carboxylic acids is 1. The molecule has 23 heavy (non-hydrogen) atoms. The minimum absolute atomic E-state index is 0.210. The molecule has 0 saturated carbocycles. The molecule has 0 fully saturated rings. The van der Waals surface area contributed by atoms with Crippen LogP contribution in [0.5, 0.6) is 0 Å². The van der Waals surface area contributed by atoms with Crippen molar-refractivity contribution >= 4 is 29.0 Å². The van der Waals surface area contributed by atoms with Crippen molar-refractivity contribution < 1.29 is 4.79 Å². The zero-order chi connectivity index (χ0) is 17.3. The van der Waals surface area contributed by atoms with E-state index in [1.165, 1.54) is 31.5 Å². The molecule has 0 aliphatic rings. The molecule has 2 aromatic rings. The monoisotopic (exact) mass is 330 g/mol. The van der Waals surface area contributed by atoms with Crippen molar-refractivity contribution in [2.45, 2.75) is 6.92 Å². The third-order valence-electron chi connectivity index (χ3n) is 3.48. The Hall–Kier alpha value is -2.92. The van der Waals surface area contributed by atoms with E-state index in [4.69, 9.17) is 5.73 Å². The van der Waals surface area contributed by atoms with Crippen LogP contribution >= 0.6 is 11.3 Å². The lowest BCUT2D eigenvalue weighted by Gasteiger charge is -2.10. The largest absolute Gasteiger partial charge is 0.384 e. The minimum atomic E-state index is -0.820. The van der Waals surface area contributed by atoms with Gasteiger partial charge in [-0.1, -0.05) is 0 Å². The fourth-order valence-electron chi connectivity index (χ4n) is 2.02. The van der Waals surface area contributed by atoms with E-state index in [0.717, 1.165) is 19.6 Å². The van der Waals surface area contributed by atoms with Gasteiger partial charge >= 0.3 is 5.69 Å². The molecule has 0 aliphatic heterocycles. The Labute approximate surface area is 135 Å². The molecular weight excluding hydrogens is 316 g/mol. The first-order valence-corrected chi connectivity index (χ1v) is 7.43. The smallest absolute Gasteiger partial charge is 0.332 e. The molecular formula is C15H14N4O3S. The van der Waals surface area contributed by atoms with Crippen LogP contribution in [0, 0.1) is 18.3 Å². The van der Waals surface area contributed by atoms with Crippen molar-refractivity contribution in [3.05, 3.63) is 53.9 Å². The first kappa shape index (κ1) is 16.5. The molecule has 8 heteroatoms. The molecule has 0 saturated heterocycles. The molecule has 0 radical (unpaired) electrons. The van der Waals surface area contributed by atoms with E-state index < -0.39 is 17.0 Å². The first-order chi connectivity index (χ1) is 10.8. The van der Waals surface area contributed by atoms with Crippen molar-refractivity contribution in [1.29, 1.82) is 5.26 Å². The van der Waals surface area contributed by atoms with Crippen LogP contribution in [-0.4, -0.2) is 14.9 Å². The lowest BCUT2D eigenvalue weighted by molar-refractivity contribution is 0.103. The summed E-state index contributed by atoms with van der Waals surface area (Å²) >= 11 is 1.37. The highest BCUT2D eigenvalue weighted by molar-refractivity contribution is 7.11. The number of hydrogen-bond donors (Lipinski definition) is 1. The van der Waals surface area contributed by atoms with Gasteiger partial charge in [-0.05, 0) is 30.0 Å². The van der Waals surface area contributed by atoms with Gasteiger partial charge in [-0.2, -0.15) is 5.26 Å². The summed E-state index contributed by atoms with van der Waals surface area (Å²) in [4.78, 5) is 37.3. The topological polar surface area (TPSA) is 111 Å². The summed E-state index contributed by atoms with van der Waals surface area (Å²) in [5.41, 5.74) is 4.61. The van der Waals surface area contributed by atoms with Gasteiger partial charge in [-0.3, -0.25) is 18.7 Å². The maximum Gasteiger partial charge on any atom is 0.332 e. The van der Waals surface area contributed by atoms with Gasteiger partial charge in [-0.25, -0.2) is 4.79 Å². The van der Waals surface area contributed by atoms with Crippen LogP contribution in [0.3, 0.4) is 0 Å². The number of thiophene rings is 1. The Bertz CT molecular complexity index is 986. The summed E-state index contributed by atoms with van der Waals surface area (Å²) < 4.78 is 1.79. The number of carbonyl (C=O) groups is 1. The van der Waals surface area contributed by atoms with E-state index in [1.54, 1.807) is 6.07 Å². The molecule has 7 nitrogen and oxygen atoms in total. The molecule has 0 aromatic carbocycles. The SMILES string of the molecule is Cc1ccsc1/C=C(\C#N)C(=O)c1c(N)n(C)c(=O)n(C)c1=O. The Balaban J connectivity index is 2.68. The van der Waals surface area contributed by atoms with E-state index in [0.29, 0.717) is 0 Å². The van der Waals surface area contributed by atoms with E-state index in [-0.39, 0.29) is 17.0 Å². The Kier molecular flexibility index (Phi) is 4.33. The number of allylic oxidation sites excluding steroid dienone is 1. The van der Waals surface area contributed by atoms with Crippen LogP contribution in [0.15, 0.2) is 26.6 Å². The molecule has 0 unspecified atom stereocenters. The summed E-state index contributed by atoms with van der Waals surface area (Å²) in [6.45, 7) is 1.85. The van der Waals surface area contributed by atoms with Crippen LogP contribution < -0.4 is 17.0 Å². The second-order valence-corrected chi connectivity index (χ2v) is 5.88. The number of nitriles is 1. The summed E-state index contributed by atoms with van der Waals surface area (Å²) in [7, 11) is 2.60. The summed E-state index contributed by atoms with van der Waals surface area (Å²) in [6.07, 6.45) is 1.42. The van der Waals surface area contributed by atoms with Crippen molar-refractivity contribution in [2.24, 2.45) is 14.1 Å². The van der Waals surface area contributed by atoms with Gasteiger partial charge in [0.05, 0.1) is 0 Å². The van der Waals surface area contributed by atoms with Gasteiger partial charge in [-0.15, -0.1) is 11.3 Å². The molecule has 0 aliphatic carbocycles. The molecule has 0 spiro atoms. The maximum absolute atomic E-state index is 12.6. The Morgan fingerprint density at radius 2 is 2.00 bits per heavy atom. The number of Topliss-reactive ketones (excluding diaryl/α,β-unsaturated/α-hetero) is 1. The van der Waals surface area contributed by atoms with Crippen molar-refractivity contribution in [2.75, 3.05) is 5.73 Å². The number of nitrogens with zero attached hydrogens (tertiary/aromatic N) is 3. The number of anilines is 1. The van der Waals surface area contributed by atoms with Gasteiger partial charge in [0.1, 0.15) is 23.0 Å². The lowest BCUT2D eigenvalue weighted by Crippen LogP contribution is -2.41. The Morgan fingerprint density at radius 1 is 1.35 bits per heavy atom. The van der Waals surface area contributed by atoms with E-state index in [1.807, 2.05) is 18.4 Å². The van der Waals surface area contributed by atoms with Crippen LogP contribution in [0.4, 0.5) is 5.82 Å². The highest BCUT2D eigenvalue weighted by atomic mass is 32.1. The number of nitrogen functional groups attached to an aromatic ring is 1. The van der Waals surface area contributed by atoms with Crippen molar-refractivity contribution in [3.8, 4) is 6.07 Å². The number of rotatable bonds is 3. The number of aryl methyl sites for hydroxylation is 1. The van der Waals surface area contributed by atoms with Crippen LogP contribution in [0.25, 0.3) is 6.08 Å². The van der Waals surface area contributed by atoms with Crippen LogP contribution in [0.2, 0.25) is 0 Å². The average Bonchev–Trinajstić information content (AvgIpc) is 2.93. The summed E-state index contributed by atoms with van der Waals surface area (Å²) in [6, 6.07) is 3.66. The van der Waals surface area contributed by atoms with Gasteiger partial charge < -0.3 is 5.73 Å². The summed E-state index contributed by atoms with van der Waals surface area (Å²) in [5, 5.41) is 11.1. The lowest BCUT2D eigenvalue weighted by atomic mass is 10.0. The molecule has 0 amide bonds. The second-order valence-electron chi connectivity index (χ2n) is 4.93. The van der Waals surface area contributed by atoms with Crippen molar-refractivity contribution in [3.63, 3.8) is 0 Å².